The van der Waals surface area contributed by atoms with Crippen LogP contribution in [0.2, 0.25) is 0 Å². The number of nitrogens with zero attached hydrogens (tertiary/aromatic N) is 4. The zero-order valence-corrected chi connectivity index (χ0v) is 19.8. The predicted octanol–water partition coefficient (Wildman–Crippen LogP) is 3.74. The van der Waals surface area contributed by atoms with Crippen molar-refractivity contribution in [2.75, 3.05) is 25.0 Å². The van der Waals surface area contributed by atoms with Crippen LogP contribution in [0.3, 0.4) is 0 Å². The van der Waals surface area contributed by atoms with E-state index >= 15 is 0 Å². The minimum atomic E-state index is 0. The second kappa shape index (κ2) is 10.5. The molecule has 1 saturated heterocycles. The highest BCUT2D eigenvalue weighted by atomic mass is 127. The molecule has 0 amide bonds. The average molecular weight is 516 g/mol. The number of nitrogens with one attached hydrogen (secondary N) is 2. The fourth-order valence-corrected chi connectivity index (χ4v) is 3.61. The summed E-state index contributed by atoms with van der Waals surface area (Å²) in [4.78, 5) is 6.80. The molecule has 7 heteroatoms. The minimum Gasteiger partial charge on any atom is -0.369 e. The number of rotatable bonds is 5. The van der Waals surface area contributed by atoms with Gasteiger partial charge in [-0.1, -0.05) is 35.9 Å². The van der Waals surface area contributed by atoms with Gasteiger partial charge in [-0.15, -0.1) is 24.0 Å². The molecule has 0 spiro atoms. The average Bonchev–Trinajstić information content (AvgIpc) is 3.42. The van der Waals surface area contributed by atoms with Crippen LogP contribution in [0, 0.1) is 6.92 Å². The van der Waals surface area contributed by atoms with E-state index in [-0.39, 0.29) is 24.0 Å². The molecule has 1 aliphatic rings. The summed E-state index contributed by atoms with van der Waals surface area (Å²) < 4.78 is 1.89. The molecule has 1 atom stereocenters. The second-order valence-corrected chi connectivity index (χ2v) is 7.42. The summed E-state index contributed by atoms with van der Waals surface area (Å²) in [6, 6.07) is 21.3. The smallest absolute Gasteiger partial charge is 0.191 e. The van der Waals surface area contributed by atoms with Crippen LogP contribution in [0.4, 0.5) is 5.69 Å². The number of guanidine groups is 1. The molecule has 158 valence electrons. The number of hydrogen-bond donors (Lipinski definition) is 2. The molecule has 1 aromatic heterocycles. The fourth-order valence-electron chi connectivity index (χ4n) is 3.61. The van der Waals surface area contributed by atoms with Crippen LogP contribution in [-0.4, -0.2) is 41.9 Å². The zero-order chi connectivity index (χ0) is 20.1. The zero-order valence-electron chi connectivity index (χ0n) is 17.5. The number of anilines is 1. The summed E-state index contributed by atoms with van der Waals surface area (Å²) in [6.07, 6.45) is 3.08. The summed E-state index contributed by atoms with van der Waals surface area (Å²) in [5, 5.41) is 11.6. The van der Waals surface area contributed by atoms with Gasteiger partial charge < -0.3 is 15.5 Å². The van der Waals surface area contributed by atoms with Crippen LogP contribution in [0.1, 0.15) is 17.7 Å². The fraction of sp³-hybridized carbons (Fsp3) is 0.304. The Morgan fingerprint density at radius 1 is 1.07 bits per heavy atom. The molecule has 4 rings (SSSR count). The maximum atomic E-state index is 4.64. The SMILES string of the molecule is CN=C(NCc1ccn(-c2ccccc2)n1)NC1CCN(c2ccc(C)cc2)C1.I. The Hall–Kier alpha value is -2.55. The summed E-state index contributed by atoms with van der Waals surface area (Å²) in [7, 11) is 1.81. The number of aliphatic imine (C=N–C) groups is 1. The van der Waals surface area contributed by atoms with Crippen LogP contribution < -0.4 is 15.5 Å². The molecule has 0 saturated carbocycles. The van der Waals surface area contributed by atoms with E-state index < -0.39 is 0 Å². The van der Waals surface area contributed by atoms with E-state index in [1.165, 1.54) is 11.3 Å². The second-order valence-electron chi connectivity index (χ2n) is 7.42. The highest BCUT2D eigenvalue weighted by molar-refractivity contribution is 14.0. The van der Waals surface area contributed by atoms with Gasteiger partial charge in [-0.25, -0.2) is 4.68 Å². The molecule has 2 heterocycles. The first-order valence-corrected chi connectivity index (χ1v) is 10.1. The van der Waals surface area contributed by atoms with Crippen LogP contribution in [-0.2, 0) is 6.54 Å². The van der Waals surface area contributed by atoms with E-state index in [0.717, 1.165) is 36.9 Å². The highest BCUT2D eigenvalue weighted by Crippen LogP contribution is 2.20. The van der Waals surface area contributed by atoms with Gasteiger partial charge in [0.1, 0.15) is 0 Å². The molecule has 2 N–H and O–H groups in total. The Labute approximate surface area is 195 Å². The van der Waals surface area contributed by atoms with Gasteiger partial charge in [-0.05, 0) is 43.7 Å². The highest BCUT2D eigenvalue weighted by Gasteiger charge is 2.23. The molecule has 1 aliphatic heterocycles. The normalized spacial score (nSPS) is 16.3. The first-order chi connectivity index (χ1) is 14.2. The largest absolute Gasteiger partial charge is 0.369 e. The topological polar surface area (TPSA) is 57.5 Å². The van der Waals surface area contributed by atoms with Gasteiger partial charge in [0.15, 0.2) is 5.96 Å². The Morgan fingerprint density at radius 2 is 1.83 bits per heavy atom. The van der Waals surface area contributed by atoms with Crippen molar-refractivity contribution in [1.29, 1.82) is 0 Å². The van der Waals surface area contributed by atoms with Gasteiger partial charge in [0.05, 0.1) is 17.9 Å². The van der Waals surface area contributed by atoms with Crippen LogP contribution in [0.15, 0.2) is 71.9 Å². The molecular weight excluding hydrogens is 487 g/mol. The molecule has 0 aliphatic carbocycles. The maximum absolute atomic E-state index is 4.64. The summed E-state index contributed by atoms with van der Waals surface area (Å²) >= 11 is 0. The Morgan fingerprint density at radius 3 is 2.57 bits per heavy atom. The summed E-state index contributed by atoms with van der Waals surface area (Å²) in [5.41, 5.74) is 4.61. The standard InChI is InChI=1S/C23H28N6.HI/c1-18-8-10-21(11-9-18)28-14-12-20(17-28)26-23(24-2)25-16-19-13-15-29(27-19)22-6-4-3-5-7-22;/h3-11,13,15,20H,12,14,16-17H2,1-2H3,(H2,24,25,26);1H. The van der Waals surface area contributed by atoms with Gasteiger partial charge in [-0.3, -0.25) is 4.99 Å². The molecule has 1 unspecified atom stereocenters. The third-order valence-corrected chi connectivity index (χ3v) is 5.25. The third kappa shape index (κ3) is 5.53. The Balaban J connectivity index is 0.00000256. The van der Waals surface area contributed by atoms with Gasteiger partial charge in [-0.2, -0.15) is 5.10 Å². The molecular formula is C23H29IN6. The number of para-hydroxylation sites is 1. The van der Waals surface area contributed by atoms with Crippen molar-refractivity contribution in [1.82, 2.24) is 20.4 Å². The lowest BCUT2D eigenvalue weighted by molar-refractivity contribution is 0.646. The van der Waals surface area contributed by atoms with E-state index in [9.17, 15) is 0 Å². The van der Waals surface area contributed by atoms with Crippen LogP contribution >= 0.6 is 24.0 Å². The van der Waals surface area contributed by atoms with E-state index in [0.29, 0.717) is 12.6 Å². The number of benzene rings is 2. The Bertz CT molecular complexity index is 951. The minimum absolute atomic E-state index is 0. The van der Waals surface area contributed by atoms with E-state index in [1.54, 1.807) is 0 Å². The molecule has 6 nitrogen and oxygen atoms in total. The van der Waals surface area contributed by atoms with Crippen LogP contribution in [0.5, 0.6) is 0 Å². The van der Waals surface area contributed by atoms with Crippen molar-refractivity contribution in [3.05, 3.63) is 78.1 Å². The first kappa shape index (κ1) is 22.1. The number of aromatic nitrogens is 2. The molecule has 2 aromatic carbocycles. The molecule has 30 heavy (non-hydrogen) atoms. The van der Waals surface area contributed by atoms with Crippen molar-refractivity contribution >= 4 is 35.6 Å². The maximum Gasteiger partial charge on any atom is 0.191 e. The molecule has 0 bridgehead atoms. The Kier molecular flexibility index (Phi) is 7.73. The van der Waals surface area contributed by atoms with Gasteiger partial charge >= 0.3 is 0 Å². The number of halogens is 1. The monoisotopic (exact) mass is 516 g/mol. The van der Waals surface area contributed by atoms with E-state index in [4.69, 9.17) is 0 Å². The lowest BCUT2D eigenvalue weighted by Gasteiger charge is -2.20. The first-order valence-electron chi connectivity index (χ1n) is 10.1. The lowest BCUT2D eigenvalue weighted by Crippen LogP contribution is -2.44. The molecule has 1 fully saturated rings. The van der Waals surface area contributed by atoms with Crippen molar-refractivity contribution in [3.63, 3.8) is 0 Å². The van der Waals surface area contributed by atoms with Gasteiger partial charge in [0.2, 0.25) is 0 Å². The summed E-state index contributed by atoms with van der Waals surface area (Å²) in [5.74, 6) is 0.815. The van der Waals surface area contributed by atoms with Crippen molar-refractivity contribution in [2.24, 2.45) is 4.99 Å². The quantitative estimate of drug-likeness (QED) is 0.308. The van der Waals surface area contributed by atoms with Crippen molar-refractivity contribution < 1.29 is 0 Å². The van der Waals surface area contributed by atoms with E-state index in [2.05, 4.69) is 56.8 Å². The molecule has 0 radical (unpaired) electrons. The van der Waals surface area contributed by atoms with Crippen molar-refractivity contribution in [3.8, 4) is 5.69 Å². The molecule has 3 aromatic rings. The summed E-state index contributed by atoms with van der Waals surface area (Å²) in [6.45, 7) is 4.79. The number of hydrogen-bond acceptors (Lipinski definition) is 3. The van der Waals surface area contributed by atoms with Gasteiger partial charge in [0, 0.05) is 38.1 Å². The van der Waals surface area contributed by atoms with Crippen molar-refractivity contribution in [2.45, 2.75) is 25.9 Å². The van der Waals surface area contributed by atoms with E-state index in [1.807, 2.05) is 54.3 Å². The predicted molar refractivity (Wildman–Crippen MR) is 134 cm³/mol. The van der Waals surface area contributed by atoms with Crippen LogP contribution in [0.25, 0.3) is 5.69 Å². The number of aryl methyl sites for hydroxylation is 1. The van der Waals surface area contributed by atoms with Gasteiger partial charge in [0.25, 0.3) is 0 Å². The third-order valence-electron chi connectivity index (χ3n) is 5.25. The lowest BCUT2D eigenvalue weighted by atomic mass is 10.2.